The Bertz CT molecular complexity index is 845. The second-order valence-electron chi connectivity index (χ2n) is 4.97. The fourth-order valence-corrected chi connectivity index (χ4v) is 3.44. The molecule has 0 aliphatic rings. The fourth-order valence-electron chi connectivity index (χ4n) is 2.50. The molecule has 0 amide bonds. The van der Waals surface area contributed by atoms with Gasteiger partial charge in [0.2, 0.25) is 0 Å². The molecule has 0 unspecified atom stereocenters. The van der Waals surface area contributed by atoms with Gasteiger partial charge in [-0.3, -0.25) is 4.79 Å². The molecular weight excluding hydrogens is 268 g/mol. The molecule has 0 aliphatic carbocycles. The van der Waals surface area contributed by atoms with Crippen LogP contribution < -0.4 is 5.56 Å². The maximum Gasteiger partial charge on any atom is 0.272 e. The van der Waals surface area contributed by atoms with Crippen LogP contribution in [0.15, 0.2) is 29.1 Å². The first-order valence-electron chi connectivity index (χ1n) is 6.69. The van der Waals surface area contributed by atoms with Crippen molar-refractivity contribution in [3.63, 3.8) is 0 Å². The number of aryl methyl sites for hydroxylation is 3. The summed E-state index contributed by atoms with van der Waals surface area (Å²) in [6, 6.07) is 8.26. The minimum absolute atomic E-state index is 0.114. The number of aromatic amines is 1. The zero-order valence-electron chi connectivity index (χ0n) is 11.8. The summed E-state index contributed by atoms with van der Waals surface area (Å²) in [4.78, 5) is 14.5. The second-order valence-corrected chi connectivity index (χ2v) is 6.14. The maximum atomic E-state index is 12.1. The van der Waals surface area contributed by atoms with Gasteiger partial charge in [-0.15, -0.1) is 11.3 Å². The van der Waals surface area contributed by atoms with E-state index in [2.05, 4.69) is 35.3 Å². The van der Waals surface area contributed by atoms with Crippen LogP contribution in [0.25, 0.3) is 21.3 Å². The van der Waals surface area contributed by atoms with Gasteiger partial charge in [0.1, 0.15) is 5.69 Å². The van der Waals surface area contributed by atoms with E-state index in [1.54, 1.807) is 11.3 Å². The predicted octanol–water partition coefficient (Wildman–Crippen LogP) is 3.83. The lowest BCUT2D eigenvalue weighted by Gasteiger charge is -2.08. The molecule has 1 aromatic carbocycles. The number of nitrogens with zero attached hydrogens (tertiary/aromatic N) is 1. The van der Waals surface area contributed by atoms with Gasteiger partial charge in [0.15, 0.2) is 0 Å². The van der Waals surface area contributed by atoms with Crippen molar-refractivity contribution in [3.05, 3.63) is 50.6 Å². The number of thiophene rings is 1. The van der Waals surface area contributed by atoms with Crippen molar-refractivity contribution in [2.45, 2.75) is 27.2 Å². The highest BCUT2D eigenvalue weighted by molar-refractivity contribution is 7.15. The summed E-state index contributed by atoms with van der Waals surface area (Å²) in [6.45, 7) is 6.14. The molecule has 20 heavy (non-hydrogen) atoms. The Morgan fingerprint density at radius 1 is 1.10 bits per heavy atom. The Hall–Kier alpha value is -1.94. The van der Waals surface area contributed by atoms with Crippen molar-refractivity contribution in [1.82, 2.24) is 10.2 Å². The second kappa shape index (κ2) is 4.87. The maximum absolute atomic E-state index is 12.1. The highest BCUT2D eigenvalue weighted by Gasteiger charge is 2.14. The molecule has 0 radical (unpaired) electrons. The van der Waals surface area contributed by atoms with Gasteiger partial charge in [-0.1, -0.05) is 19.1 Å². The predicted molar refractivity (Wildman–Crippen MR) is 84.5 cm³/mol. The minimum Gasteiger partial charge on any atom is -0.267 e. The number of benzene rings is 1. The van der Waals surface area contributed by atoms with E-state index in [0.29, 0.717) is 0 Å². The summed E-state index contributed by atoms with van der Waals surface area (Å²) in [5, 5.41) is 8.66. The van der Waals surface area contributed by atoms with E-state index in [4.69, 9.17) is 0 Å². The first-order valence-corrected chi connectivity index (χ1v) is 7.51. The number of fused-ring (bicyclic) bond motifs is 1. The van der Waals surface area contributed by atoms with Crippen molar-refractivity contribution in [2.75, 3.05) is 0 Å². The SMILES string of the molecule is CCc1ccc(-c2n[nH]c(=O)c3c(C)ccc(C)c23)s1. The number of H-pyrrole nitrogens is 1. The summed E-state index contributed by atoms with van der Waals surface area (Å²) in [5.41, 5.74) is 2.84. The normalized spacial score (nSPS) is 11.2. The molecule has 2 heterocycles. The standard InChI is InChI=1S/C16H16N2OS/c1-4-11-7-8-12(20-11)15-13-9(2)5-6-10(3)14(13)16(19)18-17-15/h5-8H,4H2,1-3H3,(H,18,19). The minimum atomic E-state index is -0.114. The van der Waals surface area contributed by atoms with Crippen LogP contribution in [0.3, 0.4) is 0 Å². The van der Waals surface area contributed by atoms with E-state index in [1.165, 1.54) is 4.88 Å². The number of aromatic nitrogens is 2. The first-order chi connectivity index (χ1) is 9.61. The molecule has 0 saturated carbocycles. The topological polar surface area (TPSA) is 45.8 Å². The van der Waals surface area contributed by atoms with Crippen LogP contribution in [0.1, 0.15) is 22.9 Å². The van der Waals surface area contributed by atoms with E-state index in [1.807, 2.05) is 19.9 Å². The van der Waals surface area contributed by atoms with Crippen LogP contribution in [0, 0.1) is 13.8 Å². The van der Waals surface area contributed by atoms with Gasteiger partial charge < -0.3 is 0 Å². The third-order valence-corrected chi connectivity index (χ3v) is 4.83. The molecule has 0 fully saturated rings. The summed E-state index contributed by atoms with van der Waals surface area (Å²) in [7, 11) is 0. The zero-order chi connectivity index (χ0) is 14.3. The van der Waals surface area contributed by atoms with Crippen LogP contribution in [-0.4, -0.2) is 10.2 Å². The summed E-state index contributed by atoms with van der Waals surface area (Å²) in [5.74, 6) is 0. The monoisotopic (exact) mass is 284 g/mol. The van der Waals surface area contributed by atoms with E-state index >= 15 is 0 Å². The van der Waals surface area contributed by atoms with Crippen molar-refractivity contribution >= 4 is 22.1 Å². The van der Waals surface area contributed by atoms with Crippen molar-refractivity contribution in [2.24, 2.45) is 0 Å². The average molecular weight is 284 g/mol. The van der Waals surface area contributed by atoms with Gasteiger partial charge >= 0.3 is 0 Å². The first kappa shape index (κ1) is 13.1. The molecule has 0 spiro atoms. The van der Waals surface area contributed by atoms with E-state index in [-0.39, 0.29) is 5.56 Å². The molecule has 3 rings (SSSR count). The molecule has 1 N–H and O–H groups in total. The summed E-state index contributed by atoms with van der Waals surface area (Å²) in [6.07, 6.45) is 1.02. The number of hydrogen-bond donors (Lipinski definition) is 1. The molecule has 102 valence electrons. The van der Waals surface area contributed by atoms with Gasteiger partial charge in [-0.2, -0.15) is 5.10 Å². The van der Waals surface area contributed by atoms with E-state index in [0.717, 1.165) is 38.9 Å². The Balaban J connectivity index is 2.40. The Morgan fingerprint density at radius 2 is 1.80 bits per heavy atom. The van der Waals surface area contributed by atoms with Gasteiger partial charge in [-0.25, -0.2) is 5.10 Å². The van der Waals surface area contributed by atoms with Crippen molar-refractivity contribution in [1.29, 1.82) is 0 Å². The van der Waals surface area contributed by atoms with Gasteiger partial charge in [0.05, 0.1) is 10.3 Å². The highest BCUT2D eigenvalue weighted by Crippen LogP contribution is 2.33. The van der Waals surface area contributed by atoms with E-state index in [9.17, 15) is 4.79 Å². The number of nitrogens with one attached hydrogen (secondary N) is 1. The molecule has 4 heteroatoms. The van der Waals surface area contributed by atoms with Crippen LogP contribution in [0.5, 0.6) is 0 Å². The highest BCUT2D eigenvalue weighted by atomic mass is 32.1. The third kappa shape index (κ3) is 1.96. The van der Waals surface area contributed by atoms with Crippen LogP contribution in [-0.2, 0) is 6.42 Å². The average Bonchev–Trinajstić information content (AvgIpc) is 2.91. The third-order valence-electron chi connectivity index (χ3n) is 3.60. The Labute approximate surface area is 121 Å². The lowest BCUT2D eigenvalue weighted by molar-refractivity contribution is 1.02. The van der Waals surface area contributed by atoms with Gasteiger partial charge in [0, 0.05) is 10.3 Å². The van der Waals surface area contributed by atoms with Gasteiger partial charge in [0.25, 0.3) is 5.56 Å². The molecule has 0 saturated heterocycles. The number of rotatable bonds is 2. The molecule has 3 aromatic rings. The fraction of sp³-hybridized carbons (Fsp3) is 0.250. The molecule has 0 bridgehead atoms. The van der Waals surface area contributed by atoms with Crippen molar-refractivity contribution < 1.29 is 0 Å². The molecule has 2 aromatic heterocycles. The quantitative estimate of drug-likeness (QED) is 0.777. The molecule has 0 aliphatic heterocycles. The Morgan fingerprint density at radius 3 is 2.45 bits per heavy atom. The van der Waals surface area contributed by atoms with Gasteiger partial charge in [-0.05, 0) is 43.5 Å². The molecular formula is C16H16N2OS. The summed E-state index contributed by atoms with van der Waals surface area (Å²) < 4.78 is 0. The van der Waals surface area contributed by atoms with E-state index < -0.39 is 0 Å². The largest absolute Gasteiger partial charge is 0.272 e. The number of hydrogen-bond acceptors (Lipinski definition) is 3. The Kier molecular flexibility index (Phi) is 3.18. The summed E-state index contributed by atoms with van der Waals surface area (Å²) >= 11 is 1.74. The molecule has 0 atom stereocenters. The van der Waals surface area contributed by atoms with Crippen molar-refractivity contribution in [3.8, 4) is 10.6 Å². The zero-order valence-corrected chi connectivity index (χ0v) is 12.6. The molecule has 3 nitrogen and oxygen atoms in total. The van der Waals surface area contributed by atoms with Crippen LogP contribution in [0.4, 0.5) is 0 Å². The lowest BCUT2D eigenvalue weighted by atomic mass is 10.0. The van der Waals surface area contributed by atoms with Crippen LogP contribution >= 0.6 is 11.3 Å². The smallest absolute Gasteiger partial charge is 0.267 e. The van der Waals surface area contributed by atoms with Crippen LogP contribution in [0.2, 0.25) is 0 Å². The lowest BCUT2D eigenvalue weighted by Crippen LogP contribution is -2.11.